The minimum Gasteiger partial charge on any atom is -0.487 e. The second-order valence-corrected chi connectivity index (χ2v) is 4.55. The first kappa shape index (κ1) is 11.9. The van der Waals surface area contributed by atoms with Crippen molar-refractivity contribution in [2.45, 2.75) is 11.5 Å². The van der Waals surface area contributed by atoms with Crippen LogP contribution in [-0.4, -0.2) is 6.26 Å². The van der Waals surface area contributed by atoms with Crippen molar-refractivity contribution in [3.63, 3.8) is 0 Å². The molecule has 2 aromatic carbocycles. The van der Waals surface area contributed by atoms with E-state index in [9.17, 15) is 0 Å². The van der Waals surface area contributed by atoms with E-state index < -0.39 is 0 Å². The molecule has 0 bridgehead atoms. The smallest absolute Gasteiger partial charge is 0.142 e. The van der Waals surface area contributed by atoms with Gasteiger partial charge in [-0.1, -0.05) is 24.3 Å². The Hall–Kier alpha value is -1.61. The van der Waals surface area contributed by atoms with Gasteiger partial charge in [-0.3, -0.25) is 0 Å². The molecule has 0 aliphatic carbocycles. The molecule has 17 heavy (non-hydrogen) atoms. The summed E-state index contributed by atoms with van der Waals surface area (Å²) in [7, 11) is 0. The molecule has 3 heteroatoms. The number of rotatable bonds is 4. The molecule has 0 amide bonds. The molecular weight excluding hydrogens is 230 g/mol. The molecule has 2 rings (SSSR count). The fourth-order valence-electron chi connectivity index (χ4n) is 1.49. The second-order valence-electron chi connectivity index (χ2n) is 3.67. The quantitative estimate of drug-likeness (QED) is 0.660. The van der Waals surface area contributed by atoms with Crippen molar-refractivity contribution >= 4 is 17.4 Å². The maximum Gasteiger partial charge on any atom is 0.142 e. The van der Waals surface area contributed by atoms with E-state index in [1.165, 1.54) is 4.90 Å². The first-order valence-corrected chi connectivity index (χ1v) is 6.62. The predicted molar refractivity (Wildman–Crippen MR) is 73.4 cm³/mol. The lowest BCUT2D eigenvalue weighted by Crippen LogP contribution is -1.98. The Balaban J connectivity index is 2.00. The zero-order valence-corrected chi connectivity index (χ0v) is 10.5. The van der Waals surface area contributed by atoms with Gasteiger partial charge < -0.3 is 10.5 Å². The van der Waals surface area contributed by atoms with Crippen molar-refractivity contribution in [1.29, 1.82) is 0 Å². The molecule has 0 fully saturated rings. The molecule has 0 unspecified atom stereocenters. The summed E-state index contributed by atoms with van der Waals surface area (Å²) in [6.07, 6.45) is 2.07. The number of benzene rings is 2. The van der Waals surface area contributed by atoms with Crippen LogP contribution < -0.4 is 10.5 Å². The van der Waals surface area contributed by atoms with Crippen LogP contribution >= 0.6 is 11.8 Å². The predicted octanol–water partition coefficient (Wildman–Crippen LogP) is 3.57. The topological polar surface area (TPSA) is 35.2 Å². The van der Waals surface area contributed by atoms with Gasteiger partial charge in [0.1, 0.15) is 12.4 Å². The largest absolute Gasteiger partial charge is 0.487 e. The lowest BCUT2D eigenvalue weighted by Gasteiger charge is -2.08. The van der Waals surface area contributed by atoms with Gasteiger partial charge in [0.25, 0.3) is 0 Å². The highest BCUT2D eigenvalue weighted by Gasteiger charge is 1.99. The van der Waals surface area contributed by atoms with Crippen molar-refractivity contribution < 1.29 is 4.74 Å². The molecule has 0 saturated heterocycles. The monoisotopic (exact) mass is 245 g/mol. The maximum absolute atomic E-state index is 5.80. The summed E-state index contributed by atoms with van der Waals surface area (Å²) < 4.78 is 5.66. The standard InChI is InChI=1S/C14H15NOS/c1-17-12-8-6-11(7-9-12)10-16-14-5-3-2-4-13(14)15/h2-9H,10,15H2,1H3. The van der Waals surface area contributed by atoms with Crippen LogP contribution in [0.25, 0.3) is 0 Å². The third kappa shape index (κ3) is 3.17. The van der Waals surface area contributed by atoms with Gasteiger partial charge in [-0.15, -0.1) is 11.8 Å². The minimum absolute atomic E-state index is 0.545. The van der Waals surface area contributed by atoms with E-state index in [2.05, 4.69) is 30.5 Å². The van der Waals surface area contributed by atoms with Gasteiger partial charge in [0.05, 0.1) is 5.69 Å². The number of hydrogen-bond donors (Lipinski definition) is 1. The Morgan fingerprint density at radius 2 is 1.76 bits per heavy atom. The van der Waals surface area contributed by atoms with E-state index in [0.717, 1.165) is 11.3 Å². The Kier molecular flexibility index (Phi) is 3.94. The van der Waals surface area contributed by atoms with Crippen LogP contribution in [0.4, 0.5) is 5.69 Å². The molecule has 0 aliphatic rings. The van der Waals surface area contributed by atoms with Crippen molar-refractivity contribution in [3.8, 4) is 5.75 Å². The van der Waals surface area contributed by atoms with E-state index in [1.807, 2.05) is 24.3 Å². The molecule has 88 valence electrons. The Bertz CT molecular complexity index is 482. The van der Waals surface area contributed by atoms with Crippen LogP contribution in [0.1, 0.15) is 5.56 Å². The highest BCUT2D eigenvalue weighted by atomic mass is 32.2. The summed E-state index contributed by atoms with van der Waals surface area (Å²) in [6.45, 7) is 0.545. The van der Waals surface area contributed by atoms with Gasteiger partial charge in [0.15, 0.2) is 0 Å². The average Bonchev–Trinajstić information content (AvgIpc) is 2.38. The average molecular weight is 245 g/mol. The normalized spacial score (nSPS) is 10.2. The number of nitrogen functional groups attached to an aromatic ring is 1. The van der Waals surface area contributed by atoms with Gasteiger partial charge in [-0.2, -0.15) is 0 Å². The number of para-hydroxylation sites is 2. The molecule has 2 nitrogen and oxygen atoms in total. The first-order valence-electron chi connectivity index (χ1n) is 5.40. The van der Waals surface area contributed by atoms with Crippen LogP contribution in [0.5, 0.6) is 5.75 Å². The van der Waals surface area contributed by atoms with E-state index in [4.69, 9.17) is 10.5 Å². The number of nitrogens with two attached hydrogens (primary N) is 1. The summed E-state index contributed by atoms with van der Waals surface area (Å²) in [6, 6.07) is 15.9. The van der Waals surface area contributed by atoms with Crippen LogP contribution in [0.2, 0.25) is 0 Å². The van der Waals surface area contributed by atoms with E-state index in [1.54, 1.807) is 11.8 Å². The Morgan fingerprint density at radius 1 is 1.06 bits per heavy atom. The summed E-state index contributed by atoms with van der Waals surface area (Å²) in [5.41, 5.74) is 7.62. The Morgan fingerprint density at radius 3 is 2.41 bits per heavy atom. The molecule has 0 heterocycles. The lowest BCUT2D eigenvalue weighted by atomic mass is 10.2. The molecule has 0 atom stereocenters. The fourth-order valence-corrected chi connectivity index (χ4v) is 1.90. The SMILES string of the molecule is CSc1ccc(COc2ccccc2N)cc1. The van der Waals surface area contributed by atoms with Crippen molar-refractivity contribution in [2.24, 2.45) is 0 Å². The zero-order chi connectivity index (χ0) is 12.1. The molecule has 0 aliphatic heterocycles. The number of hydrogen-bond acceptors (Lipinski definition) is 3. The number of thioether (sulfide) groups is 1. The van der Waals surface area contributed by atoms with E-state index in [0.29, 0.717) is 12.3 Å². The molecule has 0 spiro atoms. The van der Waals surface area contributed by atoms with Crippen LogP contribution in [0.3, 0.4) is 0 Å². The van der Waals surface area contributed by atoms with Crippen molar-refractivity contribution in [1.82, 2.24) is 0 Å². The molecule has 0 saturated carbocycles. The number of anilines is 1. The number of ether oxygens (including phenoxy) is 1. The highest BCUT2D eigenvalue weighted by molar-refractivity contribution is 7.98. The molecule has 0 aromatic heterocycles. The van der Waals surface area contributed by atoms with Crippen LogP contribution in [-0.2, 0) is 6.61 Å². The molecule has 2 aromatic rings. The van der Waals surface area contributed by atoms with Crippen LogP contribution in [0, 0.1) is 0 Å². The molecule has 0 radical (unpaired) electrons. The van der Waals surface area contributed by atoms with Gasteiger partial charge in [0.2, 0.25) is 0 Å². The summed E-state index contributed by atoms with van der Waals surface area (Å²) in [5.74, 6) is 0.737. The van der Waals surface area contributed by atoms with Crippen LogP contribution in [0.15, 0.2) is 53.4 Å². The minimum atomic E-state index is 0.545. The first-order chi connectivity index (χ1) is 8.29. The lowest BCUT2D eigenvalue weighted by molar-refractivity contribution is 0.308. The maximum atomic E-state index is 5.80. The summed E-state index contributed by atoms with van der Waals surface area (Å²) >= 11 is 1.73. The van der Waals surface area contributed by atoms with Crippen molar-refractivity contribution in [2.75, 3.05) is 12.0 Å². The third-order valence-corrected chi connectivity index (χ3v) is 3.22. The van der Waals surface area contributed by atoms with Gasteiger partial charge in [-0.05, 0) is 36.1 Å². The van der Waals surface area contributed by atoms with Gasteiger partial charge in [0, 0.05) is 4.90 Å². The molecular formula is C14H15NOS. The fraction of sp³-hybridized carbons (Fsp3) is 0.143. The van der Waals surface area contributed by atoms with E-state index >= 15 is 0 Å². The zero-order valence-electron chi connectivity index (χ0n) is 9.72. The molecule has 2 N–H and O–H groups in total. The third-order valence-electron chi connectivity index (χ3n) is 2.47. The van der Waals surface area contributed by atoms with E-state index in [-0.39, 0.29) is 0 Å². The highest BCUT2D eigenvalue weighted by Crippen LogP contribution is 2.21. The van der Waals surface area contributed by atoms with Crippen molar-refractivity contribution in [3.05, 3.63) is 54.1 Å². The summed E-state index contributed by atoms with van der Waals surface area (Å²) in [5, 5.41) is 0. The van der Waals surface area contributed by atoms with Gasteiger partial charge >= 0.3 is 0 Å². The summed E-state index contributed by atoms with van der Waals surface area (Å²) in [4.78, 5) is 1.26. The Labute approximate surface area is 106 Å². The second kappa shape index (κ2) is 5.64. The van der Waals surface area contributed by atoms with Gasteiger partial charge in [-0.25, -0.2) is 0 Å².